The van der Waals surface area contributed by atoms with Crippen LogP contribution >= 0.6 is 0 Å². The molecule has 0 aliphatic rings. The van der Waals surface area contributed by atoms with Crippen LogP contribution in [0.4, 0.5) is 10.5 Å². The van der Waals surface area contributed by atoms with Crippen LogP contribution in [0.25, 0.3) is 10.9 Å². The standard InChI is InChI=1S/C19H22N4O2/c1-13(2)25-18-17(8-5-10-20-18)23-19(24)21-11-9-14-12-22-16-7-4-3-6-15(14)16/h3-8,10,12-13,22H,9,11H2,1-2H3,(H2,21,23,24). The molecule has 0 bridgehead atoms. The first kappa shape index (κ1) is 16.8. The zero-order valence-electron chi connectivity index (χ0n) is 14.4. The fourth-order valence-corrected chi connectivity index (χ4v) is 2.62. The number of fused-ring (bicyclic) bond motifs is 1. The summed E-state index contributed by atoms with van der Waals surface area (Å²) in [6, 6.07) is 11.4. The molecule has 2 heterocycles. The van der Waals surface area contributed by atoms with Crippen molar-refractivity contribution in [1.82, 2.24) is 15.3 Å². The molecule has 0 saturated heterocycles. The number of hydrogen-bond acceptors (Lipinski definition) is 3. The van der Waals surface area contributed by atoms with Gasteiger partial charge in [0.2, 0.25) is 5.88 Å². The van der Waals surface area contributed by atoms with Crippen molar-refractivity contribution in [3.05, 3.63) is 54.4 Å². The normalized spacial score (nSPS) is 10.8. The highest BCUT2D eigenvalue weighted by Gasteiger charge is 2.10. The molecule has 0 aliphatic carbocycles. The Hall–Kier alpha value is -3.02. The molecule has 0 fully saturated rings. The Morgan fingerprint density at radius 3 is 2.92 bits per heavy atom. The summed E-state index contributed by atoms with van der Waals surface area (Å²) in [4.78, 5) is 19.5. The van der Waals surface area contributed by atoms with E-state index in [1.165, 1.54) is 10.9 Å². The Morgan fingerprint density at radius 1 is 1.24 bits per heavy atom. The lowest BCUT2D eigenvalue weighted by Gasteiger charge is -2.13. The largest absolute Gasteiger partial charge is 0.473 e. The number of urea groups is 1. The van der Waals surface area contributed by atoms with Crippen LogP contribution in [-0.4, -0.2) is 28.6 Å². The number of carbonyl (C=O) groups excluding carboxylic acids is 1. The number of hydrogen-bond donors (Lipinski definition) is 3. The van der Waals surface area contributed by atoms with Crippen molar-refractivity contribution in [2.75, 3.05) is 11.9 Å². The quantitative estimate of drug-likeness (QED) is 0.641. The van der Waals surface area contributed by atoms with E-state index >= 15 is 0 Å². The summed E-state index contributed by atoms with van der Waals surface area (Å²) >= 11 is 0. The molecule has 3 N–H and O–H groups in total. The van der Waals surface area contributed by atoms with E-state index in [0.29, 0.717) is 18.1 Å². The molecule has 0 spiro atoms. The van der Waals surface area contributed by atoms with Crippen LogP contribution in [0.15, 0.2) is 48.8 Å². The van der Waals surface area contributed by atoms with E-state index in [-0.39, 0.29) is 12.1 Å². The lowest BCUT2D eigenvalue weighted by atomic mass is 10.1. The molecule has 3 aromatic rings. The minimum Gasteiger partial charge on any atom is -0.473 e. The van der Waals surface area contributed by atoms with E-state index in [2.05, 4.69) is 26.7 Å². The van der Waals surface area contributed by atoms with E-state index in [1.54, 1.807) is 18.3 Å². The van der Waals surface area contributed by atoms with Crippen molar-refractivity contribution in [2.45, 2.75) is 26.4 Å². The molecule has 25 heavy (non-hydrogen) atoms. The fourth-order valence-electron chi connectivity index (χ4n) is 2.62. The number of nitrogens with one attached hydrogen (secondary N) is 3. The van der Waals surface area contributed by atoms with E-state index < -0.39 is 0 Å². The number of rotatable bonds is 6. The highest BCUT2D eigenvalue weighted by Crippen LogP contribution is 2.21. The number of pyridine rings is 1. The number of amides is 2. The summed E-state index contributed by atoms with van der Waals surface area (Å²) in [6.45, 7) is 4.37. The van der Waals surface area contributed by atoms with Gasteiger partial charge in [0.25, 0.3) is 0 Å². The molecule has 6 heteroatoms. The predicted octanol–water partition coefficient (Wildman–Crippen LogP) is 3.71. The number of ether oxygens (including phenoxy) is 1. The maximum absolute atomic E-state index is 12.1. The first-order chi connectivity index (χ1) is 12.1. The summed E-state index contributed by atoms with van der Waals surface area (Å²) in [6.07, 6.45) is 4.36. The molecule has 2 amide bonds. The number of para-hydroxylation sites is 1. The van der Waals surface area contributed by atoms with Crippen LogP contribution in [0.2, 0.25) is 0 Å². The van der Waals surface area contributed by atoms with Crippen LogP contribution < -0.4 is 15.4 Å². The summed E-state index contributed by atoms with van der Waals surface area (Å²) < 4.78 is 5.60. The Bertz CT molecular complexity index is 857. The summed E-state index contributed by atoms with van der Waals surface area (Å²) in [5.41, 5.74) is 2.84. The molecule has 3 rings (SSSR count). The average molecular weight is 338 g/mol. The van der Waals surface area contributed by atoms with Gasteiger partial charge in [-0.1, -0.05) is 18.2 Å². The molecule has 0 radical (unpaired) electrons. The molecule has 0 saturated carbocycles. The van der Waals surface area contributed by atoms with Crippen molar-refractivity contribution in [3.8, 4) is 5.88 Å². The van der Waals surface area contributed by atoms with E-state index in [1.807, 2.05) is 38.2 Å². The van der Waals surface area contributed by atoms with Crippen LogP contribution in [0.1, 0.15) is 19.4 Å². The lowest BCUT2D eigenvalue weighted by molar-refractivity contribution is 0.233. The number of aromatic nitrogens is 2. The van der Waals surface area contributed by atoms with Gasteiger partial charge in [0.15, 0.2) is 0 Å². The Labute approximate surface area is 146 Å². The van der Waals surface area contributed by atoms with Crippen LogP contribution in [0.3, 0.4) is 0 Å². The van der Waals surface area contributed by atoms with Crippen molar-refractivity contribution in [1.29, 1.82) is 0 Å². The third kappa shape index (κ3) is 4.29. The minimum absolute atomic E-state index is 0.0135. The van der Waals surface area contributed by atoms with Gasteiger partial charge in [0.05, 0.1) is 6.10 Å². The zero-order valence-corrected chi connectivity index (χ0v) is 14.4. The Balaban J connectivity index is 1.55. The van der Waals surface area contributed by atoms with Crippen molar-refractivity contribution >= 4 is 22.6 Å². The average Bonchev–Trinajstić information content (AvgIpc) is 3.00. The highest BCUT2D eigenvalue weighted by molar-refractivity contribution is 5.90. The number of anilines is 1. The molecular weight excluding hydrogens is 316 g/mol. The number of carbonyl (C=O) groups is 1. The van der Waals surface area contributed by atoms with E-state index in [9.17, 15) is 4.79 Å². The summed E-state index contributed by atoms with van der Waals surface area (Å²) in [7, 11) is 0. The number of aromatic amines is 1. The molecular formula is C19H22N4O2. The molecule has 130 valence electrons. The fraction of sp³-hybridized carbons (Fsp3) is 0.263. The number of benzene rings is 1. The second kappa shape index (κ2) is 7.70. The van der Waals surface area contributed by atoms with Crippen molar-refractivity contribution in [2.24, 2.45) is 0 Å². The topological polar surface area (TPSA) is 79.0 Å². The molecule has 0 aliphatic heterocycles. The van der Waals surface area contributed by atoms with E-state index in [4.69, 9.17) is 4.74 Å². The minimum atomic E-state index is -0.276. The van der Waals surface area contributed by atoms with Gasteiger partial charge < -0.3 is 20.4 Å². The third-order valence-corrected chi connectivity index (χ3v) is 3.72. The highest BCUT2D eigenvalue weighted by atomic mass is 16.5. The van der Waals surface area contributed by atoms with Gasteiger partial charge in [-0.05, 0) is 44.0 Å². The van der Waals surface area contributed by atoms with Crippen molar-refractivity contribution < 1.29 is 9.53 Å². The van der Waals surface area contributed by atoms with Crippen LogP contribution in [0, 0.1) is 0 Å². The third-order valence-electron chi connectivity index (χ3n) is 3.72. The number of nitrogens with zero attached hydrogens (tertiary/aromatic N) is 1. The van der Waals surface area contributed by atoms with E-state index in [0.717, 1.165) is 11.9 Å². The van der Waals surface area contributed by atoms with Gasteiger partial charge in [-0.25, -0.2) is 9.78 Å². The second-order valence-corrected chi connectivity index (χ2v) is 6.01. The van der Waals surface area contributed by atoms with Gasteiger partial charge in [-0.2, -0.15) is 0 Å². The summed E-state index contributed by atoms with van der Waals surface area (Å²) in [5, 5.41) is 6.84. The van der Waals surface area contributed by atoms with Gasteiger partial charge >= 0.3 is 6.03 Å². The Kier molecular flexibility index (Phi) is 5.18. The van der Waals surface area contributed by atoms with Crippen molar-refractivity contribution in [3.63, 3.8) is 0 Å². The molecule has 2 aromatic heterocycles. The Morgan fingerprint density at radius 2 is 2.08 bits per heavy atom. The first-order valence-corrected chi connectivity index (χ1v) is 8.35. The summed E-state index contributed by atoms with van der Waals surface area (Å²) in [5.74, 6) is 0.421. The monoisotopic (exact) mass is 338 g/mol. The van der Waals surface area contributed by atoms with Gasteiger partial charge in [-0.15, -0.1) is 0 Å². The molecule has 0 unspecified atom stereocenters. The second-order valence-electron chi connectivity index (χ2n) is 6.01. The maximum Gasteiger partial charge on any atom is 0.319 e. The van der Waals surface area contributed by atoms with Gasteiger partial charge in [-0.3, -0.25) is 0 Å². The predicted molar refractivity (Wildman–Crippen MR) is 99.0 cm³/mol. The maximum atomic E-state index is 12.1. The lowest BCUT2D eigenvalue weighted by Crippen LogP contribution is -2.30. The molecule has 1 aromatic carbocycles. The smallest absolute Gasteiger partial charge is 0.319 e. The van der Waals surface area contributed by atoms with Gasteiger partial charge in [0, 0.05) is 29.8 Å². The molecule has 0 atom stereocenters. The zero-order chi connectivity index (χ0) is 17.6. The van der Waals surface area contributed by atoms with Crippen LogP contribution in [-0.2, 0) is 6.42 Å². The number of H-pyrrole nitrogens is 1. The van der Waals surface area contributed by atoms with Gasteiger partial charge in [0.1, 0.15) is 5.69 Å². The first-order valence-electron chi connectivity index (χ1n) is 8.35. The SMILES string of the molecule is CC(C)Oc1ncccc1NC(=O)NCCc1c[nH]c2ccccc12. The van der Waals surface area contributed by atoms with Crippen LogP contribution in [0.5, 0.6) is 5.88 Å². The molecule has 6 nitrogen and oxygen atoms in total.